The molecule has 0 aliphatic heterocycles. The molecule has 0 atom stereocenters. The molecule has 0 saturated heterocycles. The number of carboxylic acids is 1. The van der Waals surface area contributed by atoms with Crippen LogP contribution in [-0.2, 0) is 4.79 Å². The van der Waals surface area contributed by atoms with Crippen molar-refractivity contribution in [3.63, 3.8) is 0 Å². The van der Waals surface area contributed by atoms with Crippen LogP contribution in [0.1, 0.15) is 36.0 Å². The minimum absolute atomic E-state index is 0.0258. The molecule has 4 nitrogen and oxygen atoms in total. The maximum atomic E-state index is 10.8. The standard InChI is InChI=1S/C13H16N2O2S2/c1-6(2)11-14-12(18-5-9(16)17)10-7(3)8(4)19-13(10)15-11/h6H,5H2,1-4H3,(H,16,17). The number of rotatable bonds is 4. The van der Waals surface area contributed by atoms with Crippen LogP contribution in [0.2, 0.25) is 0 Å². The molecular weight excluding hydrogens is 280 g/mol. The fourth-order valence-corrected chi connectivity index (χ4v) is 3.63. The highest BCUT2D eigenvalue weighted by Crippen LogP contribution is 2.35. The Bertz CT molecular complexity index is 635. The van der Waals surface area contributed by atoms with Gasteiger partial charge in [0.1, 0.15) is 15.7 Å². The number of carbonyl (C=O) groups is 1. The Morgan fingerprint density at radius 3 is 2.63 bits per heavy atom. The summed E-state index contributed by atoms with van der Waals surface area (Å²) < 4.78 is 0. The average Bonchev–Trinajstić information content (AvgIpc) is 2.62. The van der Waals surface area contributed by atoms with Gasteiger partial charge in [-0.15, -0.1) is 11.3 Å². The molecule has 6 heteroatoms. The molecule has 102 valence electrons. The van der Waals surface area contributed by atoms with E-state index in [1.165, 1.54) is 16.6 Å². The topological polar surface area (TPSA) is 63.1 Å². The number of nitrogens with zero attached hydrogens (tertiary/aromatic N) is 2. The van der Waals surface area contributed by atoms with E-state index in [4.69, 9.17) is 5.11 Å². The molecule has 2 aromatic rings. The van der Waals surface area contributed by atoms with Gasteiger partial charge in [-0.1, -0.05) is 25.6 Å². The summed E-state index contributed by atoms with van der Waals surface area (Å²) in [6.45, 7) is 8.18. The van der Waals surface area contributed by atoms with Crippen molar-refractivity contribution in [2.75, 3.05) is 5.75 Å². The number of hydrogen-bond donors (Lipinski definition) is 1. The van der Waals surface area contributed by atoms with E-state index in [1.807, 2.05) is 20.8 Å². The summed E-state index contributed by atoms with van der Waals surface area (Å²) in [4.78, 5) is 22.1. The molecular formula is C13H16N2O2S2. The SMILES string of the molecule is Cc1sc2nc(C(C)C)nc(SCC(=O)O)c2c1C. The molecule has 2 heterocycles. The van der Waals surface area contributed by atoms with Crippen molar-refractivity contribution < 1.29 is 9.90 Å². The third-order valence-corrected chi connectivity index (χ3v) is 4.92. The minimum atomic E-state index is -0.826. The van der Waals surface area contributed by atoms with Crippen LogP contribution in [0.25, 0.3) is 10.2 Å². The fraction of sp³-hybridized carbons (Fsp3) is 0.462. The molecule has 0 aromatic carbocycles. The Morgan fingerprint density at radius 2 is 2.05 bits per heavy atom. The lowest BCUT2D eigenvalue weighted by atomic mass is 10.2. The normalized spacial score (nSPS) is 11.4. The largest absolute Gasteiger partial charge is 0.481 e. The van der Waals surface area contributed by atoms with Gasteiger partial charge in [-0.3, -0.25) is 4.79 Å². The zero-order valence-electron chi connectivity index (χ0n) is 11.4. The van der Waals surface area contributed by atoms with E-state index < -0.39 is 5.97 Å². The zero-order valence-corrected chi connectivity index (χ0v) is 13.0. The van der Waals surface area contributed by atoms with Crippen LogP contribution in [0, 0.1) is 13.8 Å². The monoisotopic (exact) mass is 296 g/mol. The molecule has 2 aromatic heterocycles. The first-order valence-corrected chi connectivity index (χ1v) is 7.82. The van der Waals surface area contributed by atoms with Gasteiger partial charge in [0, 0.05) is 16.2 Å². The van der Waals surface area contributed by atoms with E-state index in [9.17, 15) is 4.79 Å². The van der Waals surface area contributed by atoms with Crippen LogP contribution >= 0.6 is 23.1 Å². The van der Waals surface area contributed by atoms with Gasteiger partial charge in [0.25, 0.3) is 0 Å². The van der Waals surface area contributed by atoms with Crippen LogP contribution in [-0.4, -0.2) is 26.8 Å². The molecule has 0 spiro atoms. The second-order valence-corrected chi connectivity index (χ2v) is 6.85. The first-order chi connectivity index (χ1) is 8.90. The average molecular weight is 296 g/mol. The first kappa shape index (κ1) is 14.3. The van der Waals surface area contributed by atoms with E-state index in [0.717, 1.165) is 26.6 Å². The van der Waals surface area contributed by atoms with Crippen LogP contribution in [0.15, 0.2) is 5.03 Å². The highest BCUT2D eigenvalue weighted by molar-refractivity contribution is 8.00. The van der Waals surface area contributed by atoms with Crippen LogP contribution in [0.5, 0.6) is 0 Å². The predicted molar refractivity (Wildman–Crippen MR) is 79.3 cm³/mol. The molecule has 0 aliphatic rings. The maximum absolute atomic E-state index is 10.8. The lowest BCUT2D eigenvalue weighted by Gasteiger charge is -2.07. The number of fused-ring (bicyclic) bond motifs is 1. The molecule has 0 bridgehead atoms. The van der Waals surface area contributed by atoms with Crippen molar-refractivity contribution in [1.29, 1.82) is 0 Å². The van der Waals surface area contributed by atoms with Crippen molar-refractivity contribution in [2.45, 2.75) is 38.6 Å². The fourth-order valence-electron chi connectivity index (χ4n) is 1.72. The van der Waals surface area contributed by atoms with Crippen LogP contribution in [0.4, 0.5) is 0 Å². The third kappa shape index (κ3) is 2.90. The number of carboxylic acid groups (broad SMARTS) is 1. The van der Waals surface area contributed by atoms with Gasteiger partial charge in [0.05, 0.1) is 5.75 Å². The van der Waals surface area contributed by atoms with Gasteiger partial charge in [-0.2, -0.15) is 0 Å². The van der Waals surface area contributed by atoms with Crippen molar-refractivity contribution in [2.24, 2.45) is 0 Å². The van der Waals surface area contributed by atoms with Gasteiger partial charge in [0.15, 0.2) is 0 Å². The van der Waals surface area contributed by atoms with Gasteiger partial charge >= 0.3 is 5.97 Å². The van der Waals surface area contributed by atoms with E-state index in [0.29, 0.717) is 0 Å². The summed E-state index contributed by atoms with van der Waals surface area (Å²) in [5.74, 6) is 0.211. The Kier molecular flexibility index (Phi) is 4.10. The van der Waals surface area contributed by atoms with Crippen molar-refractivity contribution >= 4 is 39.3 Å². The highest BCUT2D eigenvalue weighted by Gasteiger charge is 2.17. The van der Waals surface area contributed by atoms with E-state index >= 15 is 0 Å². The lowest BCUT2D eigenvalue weighted by Crippen LogP contribution is -2.02. The molecule has 0 saturated carbocycles. The Balaban J connectivity index is 2.59. The number of aromatic nitrogens is 2. The van der Waals surface area contributed by atoms with Crippen molar-refractivity contribution in [3.8, 4) is 0 Å². The van der Waals surface area contributed by atoms with E-state index in [-0.39, 0.29) is 11.7 Å². The molecule has 19 heavy (non-hydrogen) atoms. The number of aryl methyl sites for hydroxylation is 2. The maximum Gasteiger partial charge on any atom is 0.313 e. The first-order valence-electron chi connectivity index (χ1n) is 6.02. The molecule has 1 N–H and O–H groups in total. The smallest absolute Gasteiger partial charge is 0.313 e. The zero-order chi connectivity index (χ0) is 14.2. The van der Waals surface area contributed by atoms with Gasteiger partial charge < -0.3 is 5.11 Å². The molecule has 0 unspecified atom stereocenters. The third-order valence-electron chi connectivity index (χ3n) is 2.86. The van der Waals surface area contributed by atoms with Crippen molar-refractivity contribution in [1.82, 2.24) is 9.97 Å². The number of thioether (sulfide) groups is 1. The van der Waals surface area contributed by atoms with Gasteiger partial charge in [-0.25, -0.2) is 9.97 Å². The van der Waals surface area contributed by atoms with Gasteiger partial charge in [-0.05, 0) is 19.4 Å². The molecule has 0 aliphatic carbocycles. The van der Waals surface area contributed by atoms with Crippen molar-refractivity contribution in [3.05, 3.63) is 16.3 Å². The molecule has 0 radical (unpaired) electrons. The summed E-state index contributed by atoms with van der Waals surface area (Å²) >= 11 is 2.92. The Morgan fingerprint density at radius 1 is 1.37 bits per heavy atom. The Labute approximate surface area is 120 Å². The Hall–Kier alpha value is -1.14. The number of aliphatic carboxylic acids is 1. The predicted octanol–water partition coefficient (Wildman–Crippen LogP) is 3.61. The van der Waals surface area contributed by atoms with Gasteiger partial charge in [0.2, 0.25) is 0 Å². The number of hydrogen-bond acceptors (Lipinski definition) is 5. The summed E-state index contributed by atoms with van der Waals surface area (Å²) in [6, 6.07) is 0. The summed E-state index contributed by atoms with van der Waals surface area (Å²) in [5, 5.41) is 10.6. The molecule has 2 rings (SSSR count). The summed E-state index contributed by atoms with van der Waals surface area (Å²) in [6.07, 6.45) is 0. The molecule has 0 amide bonds. The number of thiophene rings is 1. The summed E-state index contributed by atoms with van der Waals surface area (Å²) in [5.41, 5.74) is 1.16. The minimum Gasteiger partial charge on any atom is -0.481 e. The van der Waals surface area contributed by atoms with E-state index in [2.05, 4.69) is 16.9 Å². The lowest BCUT2D eigenvalue weighted by molar-refractivity contribution is -0.133. The molecule has 0 fully saturated rings. The quantitative estimate of drug-likeness (QED) is 0.690. The van der Waals surface area contributed by atoms with Crippen LogP contribution < -0.4 is 0 Å². The second kappa shape index (κ2) is 5.46. The van der Waals surface area contributed by atoms with E-state index in [1.54, 1.807) is 11.3 Å². The second-order valence-electron chi connectivity index (χ2n) is 4.69. The van der Waals surface area contributed by atoms with Crippen LogP contribution in [0.3, 0.4) is 0 Å². The highest BCUT2D eigenvalue weighted by atomic mass is 32.2. The summed E-state index contributed by atoms with van der Waals surface area (Å²) in [7, 11) is 0.